The summed E-state index contributed by atoms with van der Waals surface area (Å²) in [7, 11) is 0. The Morgan fingerprint density at radius 2 is 2.33 bits per heavy atom. The van der Waals surface area contributed by atoms with E-state index >= 15 is 0 Å². The Labute approximate surface area is 144 Å². The van der Waals surface area contributed by atoms with Gasteiger partial charge in [-0.25, -0.2) is 14.2 Å². The summed E-state index contributed by atoms with van der Waals surface area (Å²) in [6, 6.07) is 5.49. The van der Waals surface area contributed by atoms with Crippen LogP contribution in [-0.2, 0) is 6.42 Å². The highest BCUT2D eigenvalue weighted by Gasteiger charge is 2.35. The lowest BCUT2D eigenvalue weighted by atomic mass is 10.0. The number of nitrogens with one attached hydrogen (secondary N) is 1. The monoisotopic (exact) mass is 349 g/mol. The molecule has 1 aliphatic rings. The van der Waals surface area contributed by atoms with Gasteiger partial charge in [-0.15, -0.1) is 11.3 Å². The van der Waals surface area contributed by atoms with E-state index in [0.717, 1.165) is 17.0 Å². The summed E-state index contributed by atoms with van der Waals surface area (Å²) in [6.07, 6.45) is 0.591. The number of nitrogens with zero attached hydrogens (tertiary/aromatic N) is 2. The molecule has 2 heterocycles. The summed E-state index contributed by atoms with van der Waals surface area (Å²) in [5, 5.41) is 13.3. The summed E-state index contributed by atoms with van der Waals surface area (Å²) < 4.78 is 13.5. The number of aliphatic hydroxyl groups excluding tert-OH is 1. The number of amides is 2. The molecule has 2 amide bonds. The number of likely N-dealkylation sites (tertiary alicyclic amines) is 1. The summed E-state index contributed by atoms with van der Waals surface area (Å²) in [6.45, 7) is 4.21. The SMILES string of the molecule is CCc1nc(NC(=O)N2C[C@H](O)C[C@H]2c2cccc(F)c2)sc1C. The summed E-state index contributed by atoms with van der Waals surface area (Å²) >= 11 is 1.43. The highest BCUT2D eigenvalue weighted by molar-refractivity contribution is 7.15. The van der Waals surface area contributed by atoms with Crippen LogP contribution in [0.25, 0.3) is 0 Å². The van der Waals surface area contributed by atoms with Gasteiger partial charge in [-0.1, -0.05) is 19.1 Å². The molecular weight excluding hydrogens is 329 g/mol. The molecule has 0 bridgehead atoms. The van der Waals surface area contributed by atoms with E-state index in [2.05, 4.69) is 10.3 Å². The van der Waals surface area contributed by atoms with Gasteiger partial charge < -0.3 is 10.0 Å². The number of β-amino-alcohol motifs (C(OH)–C–C–N with tert-alkyl or cyclic N) is 1. The molecule has 1 saturated heterocycles. The molecule has 0 unspecified atom stereocenters. The number of thiazole rings is 1. The van der Waals surface area contributed by atoms with Crippen molar-refractivity contribution in [3.63, 3.8) is 0 Å². The average molecular weight is 349 g/mol. The number of carbonyl (C=O) groups is 1. The maximum atomic E-state index is 13.5. The van der Waals surface area contributed by atoms with Crippen molar-refractivity contribution >= 4 is 22.5 Å². The van der Waals surface area contributed by atoms with E-state index in [1.807, 2.05) is 13.8 Å². The number of rotatable bonds is 3. The van der Waals surface area contributed by atoms with E-state index in [0.29, 0.717) is 17.1 Å². The molecule has 0 radical (unpaired) electrons. The Balaban J connectivity index is 1.79. The average Bonchev–Trinajstić information content (AvgIpc) is 3.10. The molecule has 1 fully saturated rings. The van der Waals surface area contributed by atoms with Crippen molar-refractivity contribution in [1.82, 2.24) is 9.88 Å². The maximum Gasteiger partial charge on any atom is 0.324 e. The zero-order valence-corrected chi connectivity index (χ0v) is 14.4. The number of halogens is 1. The molecule has 1 aromatic carbocycles. The fourth-order valence-corrected chi connectivity index (χ4v) is 3.93. The third kappa shape index (κ3) is 3.42. The first-order valence-corrected chi connectivity index (χ1v) is 8.77. The highest BCUT2D eigenvalue weighted by Crippen LogP contribution is 2.33. The van der Waals surface area contributed by atoms with Gasteiger partial charge >= 0.3 is 6.03 Å². The Morgan fingerprint density at radius 1 is 1.54 bits per heavy atom. The number of aromatic nitrogens is 1. The van der Waals surface area contributed by atoms with Gasteiger partial charge in [-0.05, 0) is 37.5 Å². The molecule has 1 aliphatic heterocycles. The standard InChI is InChI=1S/C17H20FN3O2S/c1-3-14-10(2)24-16(19-14)20-17(23)21-9-13(22)8-15(21)11-5-4-6-12(18)7-11/h4-7,13,15,22H,3,8-9H2,1-2H3,(H,19,20,23)/t13-,15+/m1/s1. The van der Waals surface area contributed by atoms with Crippen molar-refractivity contribution < 1.29 is 14.3 Å². The molecule has 2 atom stereocenters. The van der Waals surface area contributed by atoms with Gasteiger partial charge in [0.2, 0.25) is 0 Å². The molecule has 2 N–H and O–H groups in total. The third-order valence-electron chi connectivity index (χ3n) is 4.21. The second-order valence-corrected chi connectivity index (χ2v) is 7.12. The fourth-order valence-electron chi connectivity index (χ4n) is 3.04. The van der Waals surface area contributed by atoms with Crippen molar-refractivity contribution in [2.75, 3.05) is 11.9 Å². The Hall–Kier alpha value is -1.99. The second-order valence-electron chi connectivity index (χ2n) is 5.92. The van der Waals surface area contributed by atoms with Crippen molar-refractivity contribution in [1.29, 1.82) is 0 Å². The van der Waals surface area contributed by atoms with Crippen molar-refractivity contribution in [3.8, 4) is 0 Å². The zero-order chi connectivity index (χ0) is 17.3. The summed E-state index contributed by atoms with van der Waals surface area (Å²) in [5.74, 6) is -0.350. The minimum Gasteiger partial charge on any atom is -0.391 e. The number of hydrogen-bond donors (Lipinski definition) is 2. The van der Waals surface area contributed by atoms with Gasteiger partial charge in [0.1, 0.15) is 5.82 Å². The van der Waals surface area contributed by atoms with E-state index in [1.165, 1.54) is 23.5 Å². The number of benzene rings is 1. The van der Waals surface area contributed by atoms with Crippen LogP contribution in [0.5, 0.6) is 0 Å². The van der Waals surface area contributed by atoms with Crippen LogP contribution in [0.2, 0.25) is 0 Å². The highest BCUT2D eigenvalue weighted by atomic mass is 32.1. The fraction of sp³-hybridized carbons (Fsp3) is 0.412. The number of urea groups is 1. The van der Waals surface area contributed by atoms with Gasteiger partial charge in [0, 0.05) is 11.4 Å². The number of anilines is 1. The third-order valence-corrected chi connectivity index (χ3v) is 5.14. The topological polar surface area (TPSA) is 65.5 Å². The molecule has 0 spiro atoms. The van der Waals surface area contributed by atoms with Crippen LogP contribution in [0.1, 0.15) is 35.5 Å². The van der Waals surface area contributed by atoms with Crippen LogP contribution in [0.15, 0.2) is 24.3 Å². The lowest BCUT2D eigenvalue weighted by Crippen LogP contribution is -2.35. The minimum absolute atomic E-state index is 0.220. The number of hydrogen-bond acceptors (Lipinski definition) is 4. The van der Waals surface area contributed by atoms with Crippen molar-refractivity contribution in [2.45, 2.75) is 38.8 Å². The Bertz CT molecular complexity index is 749. The predicted molar refractivity (Wildman–Crippen MR) is 91.7 cm³/mol. The van der Waals surface area contributed by atoms with Crippen LogP contribution in [-0.4, -0.2) is 33.7 Å². The Morgan fingerprint density at radius 3 is 3.00 bits per heavy atom. The summed E-state index contributed by atoms with van der Waals surface area (Å²) in [5.41, 5.74) is 1.66. The van der Waals surface area contributed by atoms with E-state index in [-0.39, 0.29) is 24.4 Å². The van der Waals surface area contributed by atoms with Gasteiger partial charge in [-0.2, -0.15) is 0 Å². The van der Waals surface area contributed by atoms with Crippen LogP contribution < -0.4 is 5.32 Å². The predicted octanol–water partition coefficient (Wildman–Crippen LogP) is 3.49. The van der Waals surface area contributed by atoms with Gasteiger partial charge in [0.05, 0.1) is 17.8 Å². The quantitative estimate of drug-likeness (QED) is 0.891. The first-order chi connectivity index (χ1) is 11.5. The van der Waals surface area contributed by atoms with E-state index in [4.69, 9.17) is 0 Å². The lowest BCUT2D eigenvalue weighted by Gasteiger charge is -2.24. The smallest absolute Gasteiger partial charge is 0.324 e. The molecule has 3 rings (SSSR count). The van der Waals surface area contributed by atoms with Crippen LogP contribution in [0.4, 0.5) is 14.3 Å². The van der Waals surface area contributed by atoms with Crippen molar-refractivity contribution in [3.05, 3.63) is 46.2 Å². The first kappa shape index (κ1) is 16.9. The van der Waals surface area contributed by atoms with Gasteiger partial charge in [0.25, 0.3) is 0 Å². The van der Waals surface area contributed by atoms with Crippen LogP contribution in [0.3, 0.4) is 0 Å². The molecule has 0 saturated carbocycles. The molecule has 0 aliphatic carbocycles. The maximum absolute atomic E-state index is 13.5. The molecular formula is C17H20FN3O2S. The minimum atomic E-state index is -0.617. The van der Waals surface area contributed by atoms with E-state index in [9.17, 15) is 14.3 Å². The Kier molecular flexibility index (Phi) is 4.82. The van der Waals surface area contributed by atoms with Crippen molar-refractivity contribution in [2.24, 2.45) is 0 Å². The molecule has 128 valence electrons. The van der Waals surface area contributed by atoms with E-state index < -0.39 is 6.10 Å². The lowest BCUT2D eigenvalue weighted by molar-refractivity contribution is 0.175. The molecule has 2 aromatic rings. The van der Waals surface area contributed by atoms with Gasteiger partial charge in [0.15, 0.2) is 5.13 Å². The number of carbonyl (C=O) groups excluding carboxylic acids is 1. The molecule has 7 heteroatoms. The first-order valence-electron chi connectivity index (χ1n) is 7.95. The normalized spacial score (nSPS) is 20.4. The van der Waals surface area contributed by atoms with Crippen LogP contribution >= 0.6 is 11.3 Å². The second kappa shape index (κ2) is 6.86. The largest absolute Gasteiger partial charge is 0.391 e. The number of aryl methyl sites for hydroxylation is 2. The van der Waals surface area contributed by atoms with Crippen LogP contribution in [0, 0.1) is 12.7 Å². The summed E-state index contributed by atoms with van der Waals surface area (Å²) in [4.78, 5) is 19.6. The molecule has 1 aromatic heterocycles. The number of aliphatic hydroxyl groups is 1. The zero-order valence-electron chi connectivity index (χ0n) is 13.6. The molecule has 24 heavy (non-hydrogen) atoms. The van der Waals surface area contributed by atoms with E-state index in [1.54, 1.807) is 17.0 Å². The molecule has 5 nitrogen and oxygen atoms in total. The van der Waals surface area contributed by atoms with Gasteiger partial charge in [-0.3, -0.25) is 5.32 Å².